The first-order chi connectivity index (χ1) is 6.63. The molecule has 0 aliphatic rings. The van der Waals surface area contributed by atoms with Gasteiger partial charge in [-0.15, -0.1) is 0 Å². The molecule has 0 aromatic heterocycles. The van der Waals surface area contributed by atoms with Gasteiger partial charge in [-0.3, -0.25) is 0 Å². The number of nitrogens with zero attached hydrogens (tertiary/aromatic N) is 1. The van der Waals surface area contributed by atoms with Crippen LogP contribution in [0.1, 0.15) is 6.92 Å². The maximum absolute atomic E-state index is 3.99. The summed E-state index contributed by atoms with van der Waals surface area (Å²) in [5.74, 6) is 0. The highest BCUT2D eigenvalue weighted by Crippen LogP contribution is 2.11. The normalized spacial score (nSPS) is 12.4. The van der Waals surface area contributed by atoms with Gasteiger partial charge in [0, 0.05) is 19.8 Å². The Morgan fingerprint density at radius 1 is 1.21 bits per heavy atom. The van der Waals surface area contributed by atoms with Crippen molar-refractivity contribution in [3.8, 4) is 0 Å². The lowest BCUT2D eigenvalue weighted by Gasteiger charge is -2.16. The molecule has 1 nitrogen and oxygen atoms in total. The van der Waals surface area contributed by atoms with Crippen molar-refractivity contribution >= 4 is 0 Å². The molecule has 0 aliphatic heterocycles. The van der Waals surface area contributed by atoms with E-state index in [1.807, 2.05) is 56.3 Å². The minimum atomic E-state index is 0.980. The summed E-state index contributed by atoms with van der Waals surface area (Å²) in [7, 11) is 3.98. The van der Waals surface area contributed by atoms with Crippen LogP contribution in [-0.4, -0.2) is 19.0 Å². The van der Waals surface area contributed by atoms with Crippen molar-refractivity contribution in [1.82, 2.24) is 4.90 Å². The van der Waals surface area contributed by atoms with Crippen molar-refractivity contribution in [2.75, 3.05) is 14.1 Å². The Balaban J connectivity index is 4.62. The van der Waals surface area contributed by atoms with Gasteiger partial charge < -0.3 is 4.90 Å². The molecule has 0 fully saturated rings. The molecule has 0 aromatic carbocycles. The van der Waals surface area contributed by atoms with Crippen LogP contribution in [0.5, 0.6) is 0 Å². The predicted molar refractivity (Wildman–Crippen MR) is 65.1 cm³/mol. The van der Waals surface area contributed by atoms with Crippen molar-refractivity contribution < 1.29 is 0 Å². The first-order valence-corrected chi connectivity index (χ1v) is 4.62. The van der Waals surface area contributed by atoms with E-state index < -0.39 is 0 Å². The van der Waals surface area contributed by atoms with E-state index in [1.165, 1.54) is 0 Å². The fourth-order valence-electron chi connectivity index (χ4n) is 1.02. The fraction of sp³-hybridized carbons (Fsp3) is 0.231. The van der Waals surface area contributed by atoms with Crippen molar-refractivity contribution in [2.45, 2.75) is 6.92 Å². The molecule has 0 rings (SSSR count). The second-order valence-corrected chi connectivity index (χ2v) is 3.09. The summed E-state index contributed by atoms with van der Waals surface area (Å²) in [5, 5.41) is 0. The van der Waals surface area contributed by atoms with Crippen molar-refractivity contribution in [3.63, 3.8) is 0 Å². The van der Waals surface area contributed by atoms with Crippen LogP contribution in [0.25, 0.3) is 0 Å². The van der Waals surface area contributed by atoms with Gasteiger partial charge in [-0.25, -0.2) is 0 Å². The quantitative estimate of drug-likeness (QED) is 0.600. The average molecular weight is 189 g/mol. The molecule has 0 aromatic rings. The van der Waals surface area contributed by atoms with Crippen LogP contribution < -0.4 is 0 Å². The van der Waals surface area contributed by atoms with E-state index in [2.05, 4.69) is 13.2 Å². The van der Waals surface area contributed by atoms with Gasteiger partial charge in [-0.1, -0.05) is 43.5 Å². The van der Waals surface area contributed by atoms with Gasteiger partial charge in [-0.2, -0.15) is 0 Å². The Kier molecular flexibility index (Phi) is 6.21. The number of hydrogen-bond donors (Lipinski definition) is 0. The smallest absolute Gasteiger partial charge is 0.0428 e. The van der Waals surface area contributed by atoms with Crippen LogP contribution in [0.4, 0.5) is 0 Å². The van der Waals surface area contributed by atoms with Gasteiger partial charge in [0.15, 0.2) is 0 Å². The third-order valence-corrected chi connectivity index (χ3v) is 1.69. The number of likely N-dealkylation sites (N-methyl/N-ethyl adjacent to an activating group) is 1. The standard InChI is InChI=1S/C13H19N/c1-6-8-9-11-12(3)13(10-7-2)14(4)5/h6-11H,2-3H2,1,4-5H3/b8-6-,11-9-,13-10-. The van der Waals surface area contributed by atoms with Gasteiger partial charge in [0.1, 0.15) is 0 Å². The summed E-state index contributed by atoms with van der Waals surface area (Å²) < 4.78 is 0. The predicted octanol–water partition coefficient (Wildman–Crippen LogP) is 3.31. The van der Waals surface area contributed by atoms with Crippen molar-refractivity contribution in [1.29, 1.82) is 0 Å². The molecule has 0 saturated carbocycles. The highest BCUT2D eigenvalue weighted by atomic mass is 15.1. The molecule has 0 saturated heterocycles. The van der Waals surface area contributed by atoms with Crippen LogP contribution in [0.2, 0.25) is 0 Å². The zero-order valence-electron chi connectivity index (χ0n) is 9.33. The Bertz CT molecular complexity index is 278. The summed E-state index contributed by atoms with van der Waals surface area (Å²) in [6.07, 6.45) is 11.6. The van der Waals surface area contributed by atoms with E-state index in [4.69, 9.17) is 0 Å². The third kappa shape index (κ3) is 4.51. The third-order valence-electron chi connectivity index (χ3n) is 1.69. The maximum atomic E-state index is 3.99. The van der Waals surface area contributed by atoms with Crippen LogP contribution in [0.15, 0.2) is 60.9 Å². The summed E-state index contributed by atoms with van der Waals surface area (Å²) in [4.78, 5) is 2.02. The molecule has 0 unspecified atom stereocenters. The number of hydrogen-bond acceptors (Lipinski definition) is 1. The number of allylic oxidation sites excluding steroid dienone is 6. The van der Waals surface area contributed by atoms with E-state index in [1.54, 1.807) is 6.08 Å². The van der Waals surface area contributed by atoms with E-state index in [-0.39, 0.29) is 0 Å². The van der Waals surface area contributed by atoms with E-state index in [9.17, 15) is 0 Å². The van der Waals surface area contributed by atoms with E-state index >= 15 is 0 Å². The van der Waals surface area contributed by atoms with Crippen LogP contribution in [-0.2, 0) is 0 Å². The molecular weight excluding hydrogens is 170 g/mol. The average Bonchev–Trinajstić information content (AvgIpc) is 2.13. The van der Waals surface area contributed by atoms with Gasteiger partial charge in [0.25, 0.3) is 0 Å². The molecule has 0 bridgehead atoms. The van der Waals surface area contributed by atoms with E-state index in [0.717, 1.165) is 11.3 Å². The molecule has 0 heterocycles. The fourth-order valence-corrected chi connectivity index (χ4v) is 1.02. The van der Waals surface area contributed by atoms with Crippen molar-refractivity contribution in [2.24, 2.45) is 0 Å². The van der Waals surface area contributed by atoms with Gasteiger partial charge in [-0.05, 0) is 18.6 Å². The Hall–Kier alpha value is -1.50. The Labute approximate surface area is 87.4 Å². The highest BCUT2D eigenvalue weighted by Gasteiger charge is 1.99. The van der Waals surface area contributed by atoms with Gasteiger partial charge in [0.05, 0.1) is 0 Å². The van der Waals surface area contributed by atoms with E-state index in [0.29, 0.717) is 0 Å². The van der Waals surface area contributed by atoms with Gasteiger partial charge >= 0.3 is 0 Å². The molecule has 0 N–H and O–H groups in total. The zero-order valence-corrected chi connectivity index (χ0v) is 9.33. The molecule has 0 amide bonds. The summed E-state index contributed by atoms with van der Waals surface area (Å²) in [6.45, 7) is 9.65. The monoisotopic (exact) mass is 189 g/mol. The lowest BCUT2D eigenvalue weighted by Crippen LogP contribution is -2.11. The Morgan fingerprint density at radius 2 is 1.86 bits per heavy atom. The lowest BCUT2D eigenvalue weighted by atomic mass is 10.1. The molecule has 0 spiro atoms. The second-order valence-electron chi connectivity index (χ2n) is 3.09. The van der Waals surface area contributed by atoms with Crippen molar-refractivity contribution in [3.05, 3.63) is 60.9 Å². The lowest BCUT2D eigenvalue weighted by molar-refractivity contribution is 0.525. The minimum absolute atomic E-state index is 0.980. The maximum Gasteiger partial charge on any atom is 0.0428 e. The molecule has 1 heteroatoms. The zero-order chi connectivity index (χ0) is 11.0. The summed E-state index contributed by atoms with van der Waals surface area (Å²) in [6, 6.07) is 0. The van der Waals surface area contributed by atoms with Crippen LogP contribution >= 0.6 is 0 Å². The largest absolute Gasteiger partial charge is 0.377 e. The first kappa shape index (κ1) is 12.5. The highest BCUT2D eigenvalue weighted by molar-refractivity contribution is 5.38. The molecule has 0 aliphatic carbocycles. The molecule has 0 radical (unpaired) electrons. The Morgan fingerprint density at radius 3 is 2.29 bits per heavy atom. The van der Waals surface area contributed by atoms with Crippen LogP contribution in [0, 0.1) is 0 Å². The summed E-state index contributed by atoms with van der Waals surface area (Å²) >= 11 is 0. The SMILES string of the molecule is C=C/C=C(/C(=C)/C=C\C=C/C)N(C)C. The molecular formula is C13H19N. The molecule has 14 heavy (non-hydrogen) atoms. The topological polar surface area (TPSA) is 3.24 Å². The second kappa shape index (κ2) is 6.96. The first-order valence-electron chi connectivity index (χ1n) is 4.62. The van der Waals surface area contributed by atoms with Crippen LogP contribution in [0.3, 0.4) is 0 Å². The molecule has 76 valence electrons. The summed E-state index contributed by atoms with van der Waals surface area (Å²) in [5.41, 5.74) is 2.05. The minimum Gasteiger partial charge on any atom is -0.377 e. The molecule has 0 atom stereocenters. The van der Waals surface area contributed by atoms with Gasteiger partial charge in [0.2, 0.25) is 0 Å². The number of rotatable bonds is 5.